The van der Waals surface area contributed by atoms with Crippen LogP contribution in [0.5, 0.6) is 11.5 Å². The van der Waals surface area contributed by atoms with Crippen LogP contribution in [0, 0.1) is 0 Å². The number of carbonyl (C=O) groups excluding carboxylic acids is 1. The molecule has 0 saturated heterocycles. The molecule has 2 rings (SSSR count). The normalized spacial score (nSPS) is 11.8. The van der Waals surface area contributed by atoms with Crippen LogP contribution in [-0.4, -0.2) is 25.1 Å². The second-order valence-electron chi connectivity index (χ2n) is 4.76. The molecule has 3 N–H and O–H groups in total. The Balaban J connectivity index is 2.04. The van der Waals surface area contributed by atoms with E-state index >= 15 is 0 Å². The van der Waals surface area contributed by atoms with E-state index in [1.165, 1.54) is 6.26 Å². The Bertz CT molecular complexity index is 630. The molecular weight excluding hydrogens is 286 g/mol. The number of carbonyl (C=O) groups is 1. The quantitative estimate of drug-likeness (QED) is 0.841. The topological polar surface area (TPSA) is 99.6 Å². The van der Waals surface area contributed by atoms with Crippen LogP contribution in [0.3, 0.4) is 0 Å². The molecule has 0 saturated carbocycles. The smallest absolute Gasteiger partial charge is 0.273 e. The number of rotatable bonds is 6. The first-order valence-corrected chi connectivity index (χ1v) is 6.74. The van der Waals surface area contributed by atoms with E-state index in [2.05, 4.69) is 10.3 Å². The average Bonchev–Trinajstić information content (AvgIpc) is 3.02. The van der Waals surface area contributed by atoms with Crippen molar-refractivity contribution in [3.63, 3.8) is 0 Å². The number of ether oxygens (including phenoxy) is 2. The van der Waals surface area contributed by atoms with Crippen molar-refractivity contribution in [1.82, 2.24) is 10.3 Å². The largest absolute Gasteiger partial charge is 0.497 e. The maximum Gasteiger partial charge on any atom is 0.273 e. The molecule has 0 aliphatic carbocycles. The Morgan fingerprint density at radius 2 is 1.95 bits per heavy atom. The van der Waals surface area contributed by atoms with E-state index in [9.17, 15) is 4.79 Å². The molecule has 1 amide bonds. The number of methoxy groups -OCH3 is 2. The first-order valence-electron chi connectivity index (χ1n) is 6.74. The zero-order valence-electron chi connectivity index (χ0n) is 12.8. The molecule has 1 aromatic carbocycles. The monoisotopic (exact) mass is 305 g/mol. The van der Waals surface area contributed by atoms with Gasteiger partial charge in [0.1, 0.15) is 17.8 Å². The number of nitrogens with two attached hydrogens (primary N) is 1. The predicted molar refractivity (Wildman–Crippen MR) is 79.8 cm³/mol. The summed E-state index contributed by atoms with van der Waals surface area (Å²) in [6.07, 6.45) is 1.29. The van der Waals surface area contributed by atoms with E-state index in [0.29, 0.717) is 23.9 Å². The van der Waals surface area contributed by atoms with Gasteiger partial charge >= 0.3 is 0 Å². The molecule has 0 fully saturated rings. The average molecular weight is 305 g/mol. The highest BCUT2D eigenvalue weighted by Gasteiger charge is 2.14. The molecule has 0 aliphatic rings. The highest BCUT2D eigenvalue weighted by atomic mass is 16.5. The van der Waals surface area contributed by atoms with Gasteiger partial charge in [-0.05, 0) is 24.6 Å². The van der Waals surface area contributed by atoms with Gasteiger partial charge in [-0.15, -0.1) is 0 Å². The first kappa shape index (κ1) is 15.8. The van der Waals surface area contributed by atoms with Crippen molar-refractivity contribution in [3.05, 3.63) is 41.6 Å². The van der Waals surface area contributed by atoms with Crippen molar-refractivity contribution >= 4 is 5.91 Å². The van der Waals surface area contributed by atoms with Crippen LogP contribution >= 0.6 is 0 Å². The summed E-state index contributed by atoms with van der Waals surface area (Å²) in [5, 5.41) is 2.76. The van der Waals surface area contributed by atoms with E-state index in [4.69, 9.17) is 19.6 Å². The van der Waals surface area contributed by atoms with Crippen LogP contribution in [0.25, 0.3) is 0 Å². The van der Waals surface area contributed by atoms with Gasteiger partial charge in [0.25, 0.3) is 5.91 Å². The zero-order chi connectivity index (χ0) is 16.1. The van der Waals surface area contributed by atoms with Gasteiger partial charge in [-0.1, -0.05) is 0 Å². The number of nitrogens with zero attached hydrogens (tertiary/aromatic N) is 1. The number of oxazole rings is 1. The number of hydrogen-bond acceptors (Lipinski definition) is 6. The van der Waals surface area contributed by atoms with Crippen LogP contribution in [0.1, 0.15) is 34.9 Å². The molecule has 118 valence electrons. The Hall–Kier alpha value is -2.54. The van der Waals surface area contributed by atoms with Gasteiger partial charge in [0.2, 0.25) is 5.89 Å². The third-order valence-electron chi connectivity index (χ3n) is 3.01. The number of aromatic nitrogens is 1. The molecule has 2 aromatic rings. The first-order chi connectivity index (χ1) is 10.5. The van der Waals surface area contributed by atoms with Crippen LogP contribution < -0.4 is 20.5 Å². The van der Waals surface area contributed by atoms with Crippen molar-refractivity contribution in [3.8, 4) is 11.5 Å². The number of benzene rings is 1. The summed E-state index contributed by atoms with van der Waals surface area (Å²) in [5.74, 6) is 1.30. The lowest BCUT2D eigenvalue weighted by molar-refractivity contribution is 0.0945. The number of nitrogens with one attached hydrogen (secondary N) is 1. The number of amides is 1. The summed E-state index contributed by atoms with van der Waals surface area (Å²) in [6, 6.07) is 5.04. The Kier molecular flexibility index (Phi) is 5.00. The molecule has 7 nitrogen and oxygen atoms in total. The van der Waals surface area contributed by atoms with Crippen LogP contribution in [0.15, 0.2) is 28.9 Å². The van der Waals surface area contributed by atoms with Crippen molar-refractivity contribution < 1.29 is 18.7 Å². The minimum absolute atomic E-state index is 0.196. The van der Waals surface area contributed by atoms with Crippen molar-refractivity contribution in [2.45, 2.75) is 19.5 Å². The van der Waals surface area contributed by atoms with Gasteiger partial charge in [-0.2, -0.15) is 0 Å². The number of hydrogen-bond donors (Lipinski definition) is 2. The van der Waals surface area contributed by atoms with E-state index in [1.54, 1.807) is 27.2 Å². The molecule has 0 bridgehead atoms. The van der Waals surface area contributed by atoms with Gasteiger partial charge < -0.3 is 24.9 Å². The van der Waals surface area contributed by atoms with Gasteiger partial charge in [-0.25, -0.2) is 4.98 Å². The molecule has 0 spiro atoms. The van der Waals surface area contributed by atoms with Crippen molar-refractivity contribution in [1.29, 1.82) is 0 Å². The second-order valence-corrected chi connectivity index (χ2v) is 4.76. The molecule has 22 heavy (non-hydrogen) atoms. The lowest BCUT2D eigenvalue weighted by Gasteiger charge is -2.09. The fourth-order valence-corrected chi connectivity index (χ4v) is 1.84. The lowest BCUT2D eigenvalue weighted by atomic mass is 10.2. The standard InChI is InChI=1S/C15H19N3O4/c1-9(16)15-18-13(8-22-15)14(19)17-7-10-4-11(20-2)6-12(5-10)21-3/h4-6,8-9H,7,16H2,1-3H3,(H,17,19). The summed E-state index contributed by atoms with van der Waals surface area (Å²) < 4.78 is 15.5. The predicted octanol–water partition coefficient (Wildman–Crippen LogP) is 1.64. The SMILES string of the molecule is COc1cc(CNC(=O)c2coc(C(C)N)n2)cc(OC)c1. The second kappa shape index (κ2) is 6.95. The minimum atomic E-state index is -0.357. The maximum absolute atomic E-state index is 12.0. The molecule has 1 unspecified atom stereocenters. The third kappa shape index (κ3) is 3.76. The Labute approximate surface area is 128 Å². The van der Waals surface area contributed by atoms with Gasteiger partial charge in [0.15, 0.2) is 5.69 Å². The third-order valence-corrected chi connectivity index (χ3v) is 3.01. The summed E-state index contributed by atoms with van der Waals surface area (Å²) in [5.41, 5.74) is 6.68. The van der Waals surface area contributed by atoms with E-state index in [1.807, 2.05) is 12.1 Å². The van der Waals surface area contributed by atoms with E-state index in [-0.39, 0.29) is 17.6 Å². The highest BCUT2D eigenvalue weighted by Crippen LogP contribution is 2.22. The molecule has 7 heteroatoms. The van der Waals surface area contributed by atoms with Crippen LogP contribution in [-0.2, 0) is 6.54 Å². The van der Waals surface area contributed by atoms with Crippen LogP contribution in [0.4, 0.5) is 0 Å². The molecule has 1 atom stereocenters. The Morgan fingerprint density at radius 1 is 1.32 bits per heavy atom. The molecule has 0 radical (unpaired) electrons. The fraction of sp³-hybridized carbons (Fsp3) is 0.333. The highest BCUT2D eigenvalue weighted by molar-refractivity contribution is 5.91. The molecular formula is C15H19N3O4. The maximum atomic E-state index is 12.0. The zero-order valence-corrected chi connectivity index (χ0v) is 12.8. The summed E-state index contributed by atoms with van der Waals surface area (Å²) >= 11 is 0. The van der Waals surface area contributed by atoms with Gasteiger partial charge in [-0.3, -0.25) is 4.79 Å². The summed E-state index contributed by atoms with van der Waals surface area (Å²) in [4.78, 5) is 16.1. The fourth-order valence-electron chi connectivity index (χ4n) is 1.84. The summed E-state index contributed by atoms with van der Waals surface area (Å²) in [6.45, 7) is 2.04. The van der Waals surface area contributed by atoms with E-state index in [0.717, 1.165) is 5.56 Å². The van der Waals surface area contributed by atoms with Gasteiger partial charge in [0.05, 0.1) is 20.3 Å². The Morgan fingerprint density at radius 3 is 2.45 bits per heavy atom. The summed E-state index contributed by atoms with van der Waals surface area (Å²) in [7, 11) is 3.14. The molecule has 1 aromatic heterocycles. The van der Waals surface area contributed by atoms with Crippen molar-refractivity contribution in [2.75, 3.05) is 14.2 Å². The van der Waals surface area contributed by atoms with Gasteiger partial charge in [0, 0.05) is 12.6 Å². The van der Waals surface area contributed by atoms with Crippen molar-refractivity contribution in [2.24, 2.45) is 5.73 Å². The molecule has 0 aliphatic heterocycles. The molecule has 1 heterocycles. The minimum Gasteiger partial charge on any atom is -0.497 e. The van der Waals surface area contributed by atoms with Crippen LogP contribution in [0.2, 0.25) is 0 Å². The lowest BCUT2D eigenvalue weighted by Crippen LogP contribution is -2.23. The van der Waals surface area contributed by atoms with E-state index < -0.39 is 0 Å².